The van der Waals surface area contributed by atoms with Gasteiger partial charge in [-0.25, -0.2) is 4.79 Å². The molecule has 7 heteroatoms. The van der Waals surface area contributed by atoms with Gasteiger partial charge in [-0.05, 0) is 87.6 Å². The topological polar surface area (TPSA) is 83.7 Å². The van der Waals surface area contributed by atoms with Gasteiger partial charge in [0.05, 0.1) is 7.11 Å². The fourth-order valence-electron chi connectivity index (χ4n) is 4.28. The second-order valence-electron chi connectivity index (χ2n) is 9.43. The number of likely N-dealkylation sites (tertiary alicyclic amines) is 1. The summed E-state index contributed by atoms with van der Waals surface area (Å²) in [4.78, 5) is 30.2. The number of H-pyrrole nitrogens is 1. The summed E-state index contributed by atoms with van der Waals surface area (Å²) in [5.41, 5.74) is 3.03. The first-order chi connectivity index (χ1) is 15.7. The number of methoxy groups -OCH3 is 1. The van der Waals surface area contributed by atoms with Gasteiger partial charge in [-0.1, -0.05) is 0 Å². The summed E-state index contributed by atoms with van der Waals surface area (Å²) in [7, 11) is 1.68. The lowest BCUT2D eigenvalue weighted by Crippen LogP contribution is -2.37. The van der Waals surface area contributed by atoms with Crippen molar-refractivity contribution >= 4 is 28.6 Å². The Kier molecular flexibility index (Phi) is 6.31. The van der Waals surface area contributed by atoms with E-state index < -0.39 is 11.7 Å². The summed E-state index contributed by atoms with van der Waals surface area (Å²) < 4.78 is 10.6. The molecule has 174 valence electrons. The molecule has 1 saturated heterocycles. The van der Waals surface area contributed by atoms with Crippen LogP contribution in [0.4, 0.5) is 10.5 Å². The zero-order valence-electron chi connectivity index (χ0n) is 19.6. The molecule has 0 radical (unpaired) electrons. The first-order valence-electron chi connectivity index (χ1n) is 11.3. The van der Waals surface area contributed by atoms with Crippen molar-refractivity contribution in [2.24, 2.45) is 0 Å². The van der Waals surface area contributed by atoms with Crippen LogP contribution in [0.25, 0.3) is 10.9 Å². The molecule has 0 spiro atoms. The Bertz CT molecular complexity index is 1140. The first kappa shape index (κ1) is 22.7. The standard InChI is InChI=1S/C26H31N3O4/c1-26(2,3)33-25(31)28-19-7-5-18(6-8-19)24(30)29-13-11-17(12-14-29)22-16-27-23-10-9-20(32-4)15-21(22)23/h5-10,15-17,27H,11-14H2,1-4H3,(H,28,31). The Balaban J connectivity index is 1.36. The SMILES string of the molecule is COc1ccc2[nH]cc(C3CCN(C(=O)c4ccc(NC(=O)OC(C)(C)C)cc4)CC3)c2c1. The van der Waals surface area contributed by atoms with E-state index in [4.69, 9.17) is 9.47 Å². The van der Waals surface area contributed by atoms with Crippen LogP contribution in [0.5, 0.6) is 5.75 Å². The molecule has 0 atom stereocenters. The Morgan fingerprint density at radius 1 is 1.06 bits per heavy atom. The summed E-state index contributed by atoms with van der Waals surface area (Å²) >= 11 is 0. The molecule has 2 amide bonds. The van der Waals surface area contributed by atoms with Gasteiger partial charge in [0, 0.05) is 41.4 Å². The monoisotopic (exact) mass is 449 g/mol. The molecule has 33 heavy (non-hydrogen) atoms. The molecule has 0 aliphatic carbocycles. The highest BCUT2D eigenvalue weighted by Crippen LogP contribution is 2.35. The summed E-state index contributed by atoms with van der Waals surface area (Å²) in [6, 6.07) is 13.0. The number of benzene rings is 2. The van der Waals surface area contributed by atoms with E-state index in [1.54, 1.807) is 31.4 Å². The fourth-order valence-corrected chi connectivity index (χ4v) is 4.28. The van der Waals surface area contributed by atoms with Gasteiger partial charge in [-0.15, -0.1) is 0 Å². The van der Waals surface area contributed by atoms with Crippen molar-refractivity contribution in [3.05, 3.63) is 59.8 Å². The maximum Gasteiger partial charge on any atom is 0.412 e. The maximum absolute atomic E-state index is 13.0. The first-order valence-corrected chi connectivity index (χ1v) is 11.3. The predicted molar refractivity (Wildman–Crippen MR) is 129 cm³/mol. The maximum atomic E-state index is 13.0. The number of carbonyl (C=O) groups excluding carboxylic acids is 2. The van der Waals surface area contributed by atoms with Gasteiger partial charge in [0.25, 0.3) is 5.91 Å². The Morgan fingerprint density at radius 2 is 1.76 bits per heavy atom. The van der Waals surface area contributed by atoms with Gasteiger partial charge >= 0.3 is 6.09 Å². The number of aromatic amines is 1. The number of piperidine rings is 1. The minimum atomic E-state index is -0.565. The molecule has 2 aromatic carbocycles. The molecule has 0 saturated carbocycles. The van der Waals surface area contributed by atoms with E-state index in [2.05, 4.69) is 22.6 Å². The Hall–Kier alpha value is -3.48. The third kappa shape index (κ3) is 5.30. The van der Waals surface area contributed by atoms with E-state index in [0.29, 0.717) is 30.3 Å². The molecule has 0 unspecified atom stereocenters. The number of fused-ring (bicyclic) bond motifs is 1. The second-order valence-corrected chi connectivity index (χ2v) is 9.43. The highest BCUT2D eigenvalue weighted by molar-refractivity contribution is 5.95. The summed E-state index contributed by atoms with van der Waals surface area (Å²) in [5, 5.41) is 3.88. The number of aromatic nitrogens is 1. The number of anilines is 1. The number of hydrogen-bond donors (Lipinski definition) is 2. The quantitative estimate of drug-likeness (QED) is 0.547. The van der Waals surface area contributed by atoms with Crippen LogP contribution in [0, 0.1) is 0 Å². The van der Waals surface area contributed by atoms with Crippen LogP contribution in [-0.2, 0) is 4.74 Å². The lowest BCUT2D eigenvalue weighted by Gasteiger charge is -2.32. The molecule has 0 bridgehead atoms. The van der Waals surface area contributed by atoms with Crippen LogP contribution in [0.3, 0.4) is 0 Å². The number of rotatable bonds is 4. The van der Waals surface area contributed by atoms with Gasteiger partial charge in [-0.3, -0.25) is 10.1 Å². The molecule has 1 aliphatic rings. The second kappa shape index (κ2) is 9.17. The highest BCUT2D eigenvalue weighted by atomic mass is 16.6. The lowest BCUT2D eigenvalue weighted by molar-refractivity contribution is 0.0635. The van der Waals surface area contributed by atoms with E-state index in [-0.39, 0.29) is 5.91 Å². The molecule has 1 aromatic heterocycles. The number of nitrogens with zero attached hydrogens (tertiary/aromatic N) is 1. The molecule has 3 aromatic rings. The number of nitrogens with one attached hydrogen (secondary N) is 2. The molecule has 7 nitrogen and oxygen atoms in total. The third-order valence-corrected chi connectivity index (χ3v) is 5.92. The number of carbonyl (C=O) groups is 2. The van der Waals surface area contributed by atoms with Crippen molar-refractivity contribution in [1.82, 2.24) is 9.88 Å². The Morgan fingerprint density at radius 3 is 2.39 bits per heavy atom. The molecule has 2 N–H and O–H groups in total. The van der Waals surface area contributed by atoms with Crippen molar-refractivity contribution < 1.29 is 19.1 Å². The van der Waals surface area contributed by atoms with Crippen molar-refractivity contribution in [3.63, 3.8) is 0 Å². The van der Waals surface area contributed by atoms with Gasteiger partial charge in [0.1, 0.15) is 11.4 Å². The molecule has 2 heterocycles. The van der Waals surface area contributed by atoms with E-state index in [1.807, 2.05) is 37.8 Å². The van der Waals surface area contributed by atoms with Crippen molar-refractivity contribution in [2.75, 3.05) is 25.5 Å². The normalized spacial score (nSPS) is 14.8. The van der Waals surface area contributed by atoms with Gasteiger partial charge in [-0.2, -0.15) is 0 Å². The summed E-state index contributed by atoms with van der Waals surface area (Å²) in [6.07, 6.45) is 3.39. The van der Waals surface area contributed by atoms with Crippen molar-refractivity contribution in [1.29, 1.82) is 0 Å². The minimum Gasteiger partial charge on any atom is -0.497 e. The van der Waals surface area contributed by atoms with E-state index in [1.165, 1.54) is 10.9 Å². The van der Waals surface area contributed by atoms with E-state index >= 15 is 0 Å². The number of amides is 2. The van der Waals surface area contributed by atoms with Gasteiger partial charge in [0.2, 0.25) is 0 Å². The minimum absolute atomic E-state index is 0.0119. The van der Waals surface area contributed by atoms with Crippen LogP contribution in [0.2, 0.25) is 0 Å². The van der Waals surface area contributed by atoms with Crippen molar-refractivity contribution in [2.45, 2.75) is 45.1 Å². The van der Waals surface area contributed by atoms with Gasteiger partial charge in [0.15, 0.2) is 0 Å². The van der Waals surface area contributed by atoms with Crippen LogP contribution in [0.15, 0.2) is 48.7 Å². The lowest BCUT2D eigenvalue weighted by atomic mass is 9.89. The molecular weight excluding hydrogens is 418 g/mol. The van der Waals surface area contributed by atoms with E-state index in [9.17, 15) is 9.59 Å². The van der Waals surface area contributed by atoms with Crippen LogP contribution >= 0.6 is 0 Å². The van der Waals surface area contributed by atoms with E-state index in [0.717, 1.165) is 24.1 Å². The third-order valence-electron chi connectivity index (χ3n) is 5.92. The van der Waals surface area contributed by atoms with Crippen LogP contribution in [0.1, 0.15) is 55.5 Å². The molecule has 4 rings (SSSR count). The van der Waals surface area contributed by atoms with Crippen LogP contribution in [-0.4, -0.2) is 47.7 Å². The predicted octanol–water partition coefficient (Wildman–Crippen LogP) is 5.54. The summed E-state index contributed by atoms with van der Waals surface area (Å²) in [6.45, 7) is 6.85. The average molecular weight is 450 g/mol. The van der Waals surface area contributed by atoms with Gasteiger partial charge < -0.3 is 19.4 Å². The highest BCUT2D eigenvalue weighted by Gasteiger charge is 2.26. The number of ether oxygens (including phenoxy) is 2. The van der Waals surface area contributed by atoms with Crippen molar-refractivity contribution in [3.8, 4) is 5.75 Å². The molecular formula is C26H31N3O4. The average Bonchev–Trinajstić information content (AvgIpc) is 3.21. The Labute approximate surface area is 194 Å². The fraction of sp³-hybridized carbons (Fsp3) is 0.385. The summed E-state index contributed by atoms with van der Waals surface area (Å²) in [5.74, 6) is 1.26. The number of hydrogen-bond acceptors (Lipinski definition) is 4. The molecule has 1 aliphatic heterocycles. The smallest absolute Gasteiger partial charge is 0.412 e. The van der Waals surface area contributed by atoms with Crippen LogP contribution < -0.4 is 10.1 Å². The zero-order valence-corrected chi connectivity index (χ0v) is 19.6. The largest absolute Gasteiger partial charge is 0.497 e. The molecule has 1 fully saturated rings. The zero-order chi connectivity index (χ0) is 23.6.